The second kappa shape index (κ2) is 2.79. The summed E-state index contributed by atoms with van der Waals surface area (Å²) >= 11 is 0. The molecule has 0 spiro atoms. The van der Waals surface area contributed by atoms with Crippen molar-refractivity contribution in [3.63, 3.8) is 0 Å². The number of aryl methyl sites for hydroxylation is 1. The topological polar surface area (TPSA) is 38.0 Å². The van der Waals surface area contributed by atoms with E-state index in [0.29, 0.717) is 0 Å². The molecule has 10 heavy (non-hydrogen) atoms. The van der Waals surface area contributed by atoms with Crippen LogP contribution < -0.4 is 0 Å². The van der Waals surface area contributed by atoms with Crippen LogP contribution in [0.4, 0.5) is 4.39 Å². The highest BCUT2D eigenvalue weighted by molar-refractivity contribution is 4.95. The molecule has 1 heterocycles. The first-order chi connectivity index (χ1) is 4.75. The van der Waals surface area contributed by atoms with Crippen molar-refractivity contribution in [2.24, 2.45) is 7.05 Å². The quantitative estimate of drug-likeness (QED) is 0.653. The van der Waals surface area contributed by atoms with Crippen LogP contribution in [0.5, 0.6) is 0 Å². The fraction of sp³-hybridized carbons (Fsp3) is 0.500. The van der Waals surface area contributed by atoms with Crippen molar-refractivity contribution in [2.45, 2.75) is 6.17 Å². The number of hydrogen-bond donors (Lipinski definition) is 1. The van der Waals surface area contributed by atoms with Crippen LogP contribution in [-0.4, -0.2) is 21.3 Å². The molecule has 0 bridgehead atoms. The van der Waals surface area contributed by atoms with Gasteiger partial charge in [0, 0.05) is 19.4 Å². The predicted molar refractivity (Wildman–Crippen MR) is 34.1 cm³/mol. The van der Waals surface area contributed by atoms with Crippen LogP contribution in [0.2, 0.25) is 0 Å². The molecule has 0 aliphatic heterocycles. The van der Waals surface area contributed by atoms with Crippen molar-refractivity contribution in [3.8, 4) is 0 Å². The van der Waals surface area contributed by atoms with Gasteiger partial charge in [-0.2, -0.15) is 0 Å². The lowest BCUT2D eigenvalue weighted by molar-refractivity contribution is 0.170. The van der Waals surface area contributed by atoms with Gasteiger partial charge in [0.2, 0.25) is 0 Å². The van der Waals surface area contributed by atoms with E-state index in [0.717, 1.165) is 0 Å². The van der Waals surface area contributed by atoms with Crippen LogP contribution in [-0.2, 0) is 7.05 Å². The Balaban J connectivity index is 2.82. The lowest BCUT2D eigenvalue weighted by atomic mass is 10.4. The molecule has 0 aliphatic rings. The minimum absolute atomic E-state index is 0.266. The minimum Gasteiger partial charge on any atom is -0.393 e. The van der Waals surface area contributed by atoms with Gasteiger partial charge < -0.3 is 9.67 Å². The molecule has 0 aromatic carbocycles. The average Bonchev–Trinajstić information content (AvgIpc) is 2.34. The summed E-state index contributed by atoms with van der Waals surface area (Å²) in [5, 5.41) is 8.40. The molecule has 1 rings (SSSR count). The molecule has 1 unspecified atom stereocenters. The molecular formula is C6H9FN2O. The van der Waals surface area contributed by atoms with Gasteiger partial charge in [0.1, 0.15) is 5.82 Å². The third-order valence-electron chi connectivity index (χ3n) is 1.30. The number of hydrogen-bond acceptors (Lipinski definition) is 2. The fourth-order valence-electron chi connectivity index (χ4n) is 0.761. The smallest absolute Gasteiger partial charge is 0.180 e. The molecule has 56 valence electrons. The number of halogens is 1. The molecule has 1 atom stereocenters. The number of aliphatic hydroxyl groups excluding tert-OH is 1. The summed E-state index contributed by atoms with van der Waals surface area (Å²) in [6.07, 6.45) is 1.77. The molecule has 1 aromatic rings. The molecule has 0 fully saturated rings. The van der Waals surface area contributed by atoms with Gasteiger partial charge in [-0.25, -0.2) is 9.37 Å². The zero-order valence-electron chi connectivity index (χ0n) is 5.66. The summed E-state index contributed by atoms with van der Waals surface area (Å²) < 4.78 is 14.2. The normalized spacial score (nSPS) is 13.5. The Kier molecular flexibility index (Phi) is 2.01. The maximum atomic E-state index is 12.6. The largest absolute Gasteiger partial charge is 0.393 e. The van der Waals surface area contributed by atoms with Gasteiger partial charge in [-0.3, -0.25) is 0 Å². The highest BCUT2D eigenvalue weighted by atomic mass is 19.1. The molecule has 0 amide bonds. The van der Waals surface area contributed by atoms with Crippen molar-refractivity contribution in [3.05, 3.63) is 18.2 Å². The number of alkyl halides is 1. The maximum Gasteiger partial charge on any atom is 0.180 e. The Morgan fingerprint density at radius 1 is 1.90 bits per heavy atom. The number of rotatable bonds is 2. The summed E-state index contributed by atoms with van der Waals surface area (Å²) in [4.78, 5) is 3.71. The van der Waals surface area contributed by atoms with Crippen molar-refractivity contribution >= 4 is 0 Å². The average molecular weight is 144 g/mol. The highest BCUT2D eigenvalue weighted by Crippen LogP contribution is 2.12. The van der Waals surface area contributed by atoms with Gasteiger partial charge in [0.25, 0.3) is 0 Å². The van der Waals surface area contributed by atoms with Gasteiger partial charge in [-0.05, 0) is 0 Å². The standard InChI is InChI=1S/C6H9FN2O/c1-9-3-2-8-6(9)5(7)4-10/h2-3,5,10H,4H2,1H3. The van der Waals surface area contributed by atoms with E-state index < -0.39 is 12.8 Å². The first-order valence-electron chi connectivity index (χ1n) is 2.98. The Labute approximate surface area is 58.1 Å². The van der Waals surface area contributed by atoms with E-state index in [1.54, 1.807) is 17.8 Å². The Bertz CT molecular complexity index is 211. The Morgan fingerprint density at radius 3 is 3.00 bits per heavy atom. The summed E-state index contributed by atoms with van der Waals surface area (Å²) in [5.41, 5.74) is 0. The molecule has 1 N–H and O–H groups in total. The lowest BCUT2D eigenvalue weighted by Gasteiger charge is -2.02. The fourth-order valence-corrected chi connectivity index (χ4v) is 0.761. The molecule has 0 saturated heterocycles. The van der Waals surface area contributed by atoms with Gasteiger partial charge in [-0.1, -0.05) is 0 Å². The summed E-state index contributed by atoms with van der Waals surface area (Å²) in [6, 6.07) is 0. The molecule has 0 saturated carbocycles. The second-order valence-electron chi connectivity index (χ2n) is 2.05. The minimum atomic E-state index is -1.36. The van der Waals surface area contributed by atoms with Crippen molar-refractivity contribution in [1.82, 2.24) is 9.55 Å². The number of aliphatic hydroxyl groups is 1. The van der Waals surface area contributed by atoms with E-state index in [4.69, 9.17) is 5.11 Å². The number of nitrogens with zero attached hydrogens (tertiary/aromatic N) is 2. The molecule has 4 heteroatoms. The predicted octanol–water partition coefficient (Wildman–Crippen LogP) is 0.423. The summed E-state index contributed by atoms with van der Waals surface area (Å²) in [6.45, 7) is -0.509. The van der Waals surface area contributed by atoms with E-state index in [9.17, 15) is 4.39 Å². The SMILES string of the molecule is Cn1ccnc1C(F)CO. The zero-order chi connectivity index (χ0) is 7.56. The third-order valence-corrected chi connectivity index (χ3v) is 1.30. The lowest BCUT2D eigenvalue weighted by Crippen LogP contribution is -2.04. The van der Waals surface area contributed by atoms with Crippen LogP contribution in [0.25, 0.3) is 0 Å². The van der Waals surface area contributed by atoms with E-state index in [-0.39, 0.29) is 5.82 Å². The first kappa shape index (κ1) is 7.21. The molecule has 3 nitrogen and oxygen atoms in total. The van der Waals surface area contributed by atoms with Crippen LogP contribution in [0.3, 0.4) is 0 Å². The van der Waals surface area contributed by atoms with E-state index in [2.05, 4.69) is 4.98 Å². The van der Waals surface area contributed by atoms with E-state index >= 15 is 0 Å². The van der Waals surface area contributed by atoms with Gasteiger partial charge in [0.05, 0.1) is 6.61 Å². The van der Waals surface area contributed by atoms with E-state index in [1.807, 2.05) is 0 Å². The summed E-state index contributed by atoms with van der Waals surface area (Å²) in [7, 11) is 1.69. The van der Waals surface area contributed by atoms with Crippen LogP contribution in [0.1, 0.15) is 12.0 Å². The molecule has 0 radical (unpaired) electrons. The second-order valence-corrected chi connectivity index (χ2v) is 2.05. The van der Waals surface area contributed by atoms with Crippen LogP contribution >= 0.6 is 0 Å². The van der Waals surface area contributed by atoms with Crippen molar-refractivity contribution < 1.29 is 9.50 Å². The highest BCUT2D eigenvalue weighted by Gasteiger charge is 2.11. The number of imidazole rings is 1. The Hall–Kier alpha value is -0.900. The maximum absolute atomic E-state index is 12.6. The van der Waals surface area contributed by atoms with Gasteiger partial charge >= 0.3 is 0 Å². The Morgan fingerprint density at radius 2 is 2.60 bits per heavy atom. The summed E-state index contributed by atoms with van der Waals surface area (Å²) in [5.74, 6) is 0.266. The third kappa shape index (κ3) is 1.16. The molecular weight excluding hydrogens is 135 g/mol. The van der Waals surface area contributed by atoms with Crippen LogP contribution in [0, 0.1) is 0 Å². The van der Waals surface area contributed by atoms with Gasteiger partial charge in [-0.15, -0.1) is 0 Å². The van der Waals surface area contributed by atoms with Gasteiger partial charge in [0.15, 0.2) is 6.17 Å². The zero-order valence-corrected chi connectivity index (χ0v) is 5.66. The monoisotopic (exact) mass is 144 g/mol. The molecule has 1 aromatic heterocycles. The van der Waals surface area contributed by atoms with Crippen molar-refractivity contribution in [1.29, 1.82) is 0 Å². The number of aromatic nitrogens is 2. The molecule has 0 aliphatic carbocycles. The van der Waals surface area contributed by atoms with Crippen molar-refractivity contribution in [2.75, 3.05) is 6.61 Å². The van der Waals surface area contributed by atoms with E-state index in [1.165, 1.54) is 6.20 Å². The first-order valence-corrected chi connectivity index (χ1v) is 2.98. The van der Waals surface area contributed by atoms with Crippen LogP contribution in [0.15, 0.2) is 12.4 Å².